The number of nitrogens with zero attached hydrogens (tertiary/aromatic N) is 1. The van der Waals surface area contributed by atoms with E-state index < -0.39 is 0 Å². The Morgan fingerprint density at radius 2 is 1.65 bits per heavy atom. The Morgan fingerprint density at radius 3 is 2.39 bits per heavy atom. The minimum absolute atomic E-state index is 0.583. The summed E-state index contributed by atoms with van der Waals surface area (Å²) < 4.78 is 21.6. The molecule has 0 radical (unpaired) electrons. The van der Waals surface area contributed by atoms with Crippen LogP contribution in [0.2, 0.25) is 0 Å². The van der Waals surface area contributed by atoms with Crippen LogP contribution in [0.15, 0.2) is 47.5 Å². The lowest BCUT2D eigenvalue weighted by Gasteiger charge is -2.13. The summed E-state index contributed by atoms with van der Waals surface area (Å²) in [5.74, 6) is 2.24. The summed E-state index contributed by atoms with van der Waals surface area (Å²) in [6.07, 6.45) is 0.843. The van der Waals surface area contributed by atoms with Crippen molar-refractivity contribution in [1.29, 1.82) is 0 Å². The van der Waals surface area contributed by atoms with E-state index in [-0.39, 0.29) is 0 Å². The quantitative estimate of drug-likeness (QED) is 0.290. The van der Waals surface area contributed by atoms with Crippen LogP contribution in [0.3, 0.4) is 0 Å². The number of nitrogens with one attached hydrogen (secondary N) is 2. The second kappa shape index (κ2) is 14.3. The molecule has 0 saturated carbocycles. The summed E-state index contributed by atoms with van der Waals surface area (Å²) in [6, 6.07) is 14.3. The van der Waals surface area contributed by atoms with Crippen LogP contribution < -0.4 is 20.1 Å². The normalized spacial score (nSPS) is 11.3. The third-order valence-corrected chi connectivity index (χ3v) is 4.67. The van der Waals surface area contributed by atoms with Crippen LogP contribution in [0.25, 0.3) is 0 Å². The van der Waals surface area contributed by atoms with Gasteiger partial charge in [0.2, 0.25) is 0 Å². The van der Waals surface area contributed by atoms with Gasteiger partial charge in [0.25, 0.3) is 0 Å². The molecule has 0 aromatic heterocycles. The van der Waals surface area contributed by atoms with Gasteiger partial charge in [0.05, 0.1) is 34.0 Å². The van der Waals surface area contributed by atoms with E-state index in [1.807, 2.05) is 31.2 Å². The van der Waals surface area contributed by atoms with E-state index in [1.165, 1.54) is 5.56 Å². The van der Waals surface area contributed by atoms with Gasteiger partial charge in [-0.2, -0.15) is 0 Å². The highest BCUT2D eigenvalue weighted by Crippen LogP contribution is 2.27. The predicted molar refractivity (Wildman–Crippen MR) is 124 cm³/mol. The fourth-order valence-corrected chi connectivity index (χ4v) is 3.05. The van der Waals surface area contributed by atoms with Crippen LogP contribution in [0.4, 0.5) is 0 Å². The summed E-state index contributed by atoms with van der Waals surface area (Å²) in [5, 5.41) is 6.71. The summed E-state index contributed by atoms with van der Waals surface area (Å²) in [7, 11) is 5.06. The van der Waals surface area contributed by atoms with Crippen molar-refractivity contribution in [2.75, 3.05) is 47.6 Å². The van der Waals surface area contributed by atoms with Crippen molar-refractivity contribution < 1.29 is 18.9 Å². The monoisotopic (exact) mass is 429 g/mol. The number of aliphatic imine (C=N–C) groups is 1. The number of ether oxygens (including phenoxy) is 4. The number of hydrogen-bond donors (Lipinski definition) is 2. The lowest BCUT2D eigenvalue weighted by molar-refractivity contribution is 0.0453. The van der Waals surface area contributed by atoms with Gasteiger partial charge < -0.3 is 29.6 Å². The van der Waals surface area contributed by atoms with Gasteiger partial charge in [-0.1, -0.05) is 30.3 Å². The maximum Gasteiger partial charge on any atom is 0.191 e. The molecule has 0 amide bonds. The van der Waals surface area contributed by atoms with Crippen molar-refractivity contribution >= 4 is 5.96 Å². The van der Waals surface area contributed by atoms with Gasteiger partial charge >= 0.3 is 0 Å². The molecule has 0 aliphatic carbocycles. The average molecular weight is 430 g/mol. The average Bonchev–Trinajstić information content (AvgIpc) is 2.81. The SMILES string of the molecule is CCOCCOCc1cccc(CNC(=NC)NCCc2ccc(OC)c(OC)c2)c1. The van der Waals surface area contributed by atoms with E-state index in [2.05, 4.69) is 33.8 Å². The maximum atomic E-state index is 5.65. The maximum absolute atomic E-state index is 5.65. The first-order chi connectivity index (χ1) is 15.2. The van der Waals surface area contributed by atoms with Crippen LogP contribution in [0.5, 0.6) is 11.5 Å². The zero-order valence-corrected chi connectivity index (χ0v) is 19.1. The first-order valence-corrected chi connectivity index (χ1v) is 10.6. The molecule has 31 heavy (non-hydrogen) atoms. The molecule has 2 aromatic rings. The largest absolute Gasteiger partial charge is 0.493 e. The van der Waals surface area contributed by atoms with Gasteiger partial charge in [-0.15, -0.1) is 0 Å². The molecule has 2 N–H and O–H groups in total. The molecule has 7 nitrogen and oxygen atoms in total. The molecule has 2 aromatic carbocycles. The second-order valence-electron chi connectivity index (χ2n) is 6.86. The smallest absolute Gasteiger partial charge is 0.191 e. The van der Waals surface area contributed by atoms with Gasteiger partial charge in [0.15, 0.2) is 17.5 Å². The van der Waals surface area contributed by atoms with Crippen molar-refractivity contribution in [1.82, 2.24) is 10.6 Å². The molecule has 0 saturated heterocycles. The van der Waals surface area contributed by atoms with Crippen molar-refractivity contribution in [3.8, 4) is 11.5 Å². The third kappa shape index (κ3) is 8.86. The Bertz CT molecular complexity index is 811. The minimum Gasteiger partial charge on any atom is -0.493 e. The number of guanidine groups is 1. The molecular formula is C24H35N3O4. The van der Waals surface area contributed by atoms with E-state index >= 15 is 0 Å². The standard InChI is InChI=1S/C24H35N3O4/c1-5-30-13-14-31-18-21-8-6-7-20(15-21)17-27-24(25-2)26-12-11-19-9-10-22(28-3)23(16-19)29-4/h6-10,15-16H,5,11-14,17-18H2,1-4H3,(H2,25,26,27). The molecule has 2 rings (SSSR count). The fourth-order valence-electron chi connectivity index (χ4n) is 3.05. The highest BCUT2D eigenvalue weighted by atomic mass is 16.5. The third-order valence-electron chi connectivity index (χ3n) is 4.67. The summed E-state index contributed by atoms with van der Waals surface area (Å²) in [6.45, 7) is 5.95. The number of rotatable bonds is 13. The number of benzene rings is 2. The Morgan fingerprint density at radius 1 is 0.871 bits per heavy atom. The molecule has 7 heteroatoms. The first kappa shape index (κ1) is 24.5. The Balaban J connectivity index is 1.76. The Kier molecular flexibility index (Phi) is 11.3. The minimum atomic E-state index is 0.583. The highest BCUT2D eigenvalue weighted by molar-refractivity contribution is 5.79. The lowest BCUT2D eigenvalue weighted by Crippen LogP contribution is -2.37. The van der Waals surface area contributed by atoms with Crippen LogP contribution in [0, 0.1) is 0 Å². The van der Waals surface area contributed by atoms with Crippen LogP contribution in [-0.4, -0.2) is 53.6 Å². The highest BCUT2D eigenvalue weighted by Gasteiger charge is 2.05. The van der Waals surface area contributed by atoms with Crippen LogP contribution >= 0.6 is 0 Å². The molecule has 0 bridgehead atoms. The fraction of sp³-hybridized carbons (Fsp3) is 0.458. The lowest BCUT2D eigenvalue weighted by atomic mass is 10.1. The molecule has 0 unspecified atom stereocenters. The van der Waals surface area contributed by atoms with Crippen molar-refractivity contribution in [3.63, 3.8) is 0 Å². The molecule has 0 aliphatic rings. The van der Waals surface area contributed by atoms with Gasteiger partial charge in [-0.3, -0.25) is 4.99 Å². The van der Waals surface area contributed by atoms with E-state index in [0.29, 0.717) is 33.0 Å². The molecule has 0 heterocycles. The van der Waals surface area contributed by atoms with Gasteiger partial charge in [0, 0.05) is 26.7 Å². The number of hydrogen-bond acceptors (Lipinski definition) is 5. The van der Waals surface area contributed by atoms with E-state index in [9.17, 15) is 0 Å². The van der Waals surface area contributed by atoms with Crippen molar-refractivity contribution in [2.24, 2.45) is 4.99 Å². The zero-order chi connectivity index (χ0) is 22.3. The first-order valence-electron chi connectivity index (χ1n) is 10.6. The van der Waals surface area contributed by atoms with Gasteiger partial charge in [-0.25, -0.2) is 0 Å². The topological polar surface area (TPSA) is 73.3 Å². The molecule has 0 atom stereocenters. The molecule has 0 spiro atoms. The predicted octanol–water partition coefficient (Wildman–Crippen LogP) is 3.16. The van der Waals surface area contributed by atoms with Crippen molar-refractivity contribution in [2.45, 2.75) is 26.5 Å². The van der Waals surface area contributed by atoms with Crippen LogP contribution in [-0.2, 0) is 29.0 Å². The second-order valence-corrected chi connectivity index (χ2v) is 6.86. The molecule has 170 valence electrons. The van der Waals surface area contributed by atoms with Crippen LogP contribution in [0.1, 0.15) is 23.6 Å². The Hall–Kier alpha value is -2.77. The van der Waals surface area contributed by atoms with E-state index in [4.69, 9.17) is 18.9 Å². The Labute approximate surface area is 185 Å². The van der Waals surface area contributed by atoms with Crippen molar-refractivity contribution in [3.05, 3.63) is 59.2 Å². The summed E-state index contributed by atoms with van der Waals surface area (Å²) >= 11 is 0. The summed E-state index contributed by atoms with van der Waals surface area (Å²) in [5.41, 5.74) is 3.48. The van der Waals surface area contributed by atoms with E-state index in [1.54, 1.807) is 21.3 Å². The zero-order valence-electron chi connectivity index (χ0n) is 19.1. The summed E-state index contributed by atoms with van der Waals surface area (Å²) in [4.78, 5) is 4.31. The molecule has 0 aliphatic heterocycles. The molecular weight excluding hydrogens is 394 g/mol. The van der Waals surface area contributed by atoms with Gasteiger partial charge in [0.1, 0.15) is 0 Å². The number of methoxy groups -OCH3 is 2. The van der Waals surface area contributed by atoms with Gasteiger partial charge in [-0.05, 0) is 42.2 Å². The molecule has 0 fully saturated rings. The van der Waals surface area contributed by atoms with E-state index in [0.717, 1.165) is 41.6 Å².